The van der Waals surface area contributed by atoms with Gasteiger partial charge in [0, 0.05) is 54.9 Å². The molecule has 7 heteroatoms. The standard InChI is InChI=1S/C19H18N4O2S/c24-23(25)17-8-6-15(7-9-17)18-14-26-19(20-18)22-12-10-21(11-13-22)16-4-2-1-3-5-16/h1-9,14H,10-13H2. The monoisotopic (exact) mass is 366 g/mol. The minimum Gasteiger partial charge on any atom is -0.368 e. The van der Waals surface area contributed by atoms with Gasteiger partial charge < -0.3 is 9.80 Å². The third-order valence-corrected chi connectivity index (χ3v) is 5.44. The first-order chi connectivity index (χ1) is 12.7. The van der Waals surface area contributed by atoms with E-state index in [9.17, 15) is 10.1 Å². The number of nitro groups is 1. The number of hydrogen-bond donors (Lipinski definition) is 0. The predicted octanol–water partition coefficient (Wildman–Crippen LogP) is 4.04. The van der Waals surface area contributed by atoms with Gasteiger partial charge >= 0.3 is 0 Å². The van der Waals surface area contributed by atoms with Crippen LogP contribution < -0.4 is 9.80 Å². The highest BCUT2D eigenvalue weighted by Gasteiger charge is 2.20. The molecule has 1 aliphatic heterocycles. The minimum absolute atomic E-state index is 0.0984. The third-order valence-electron chi connectivity index (χ3n) is 4.54. The van der Waals surface area contributed by atoms with Gasteiger partial charge in [-0.25, -0.2) is 4.98 Å². The van der Waals surface area contributed by atoms with Crippen molar-refractivity contribution in [3.63, 3.8) is 0 Å². The molecular formula is C19H18N4O2S. The lowest BCUT2D eigenvalue weighted by Gasteiger charge is -2.36. The van der Waals surface area contributed by atoms with Gasteiger partial charge in [0.15, 0.2) is 5.13 Å². The summed E-state index contributed by atoms with van der Waals surface area (Å²) in [6.07, 6.45) is 0. The summed E-state index contributed by atoms with van der Waals surface area (Å²) in [4.78, 5) is 19.8. The maximum Gasteiger partial charge on any atom is 0.269 e. The number of non-ortho nitro benzene ring substituents is 1. The van der Waals surface area contributed by atoms with Gasteiger partial charge in [0.25, 0.3) is 5.69 Å². The highest BCUT2D eigenvalue weighted by molar-refractivity contribution is 7.14. The van der Waals surface area contributed by atoms with Crippen LogP contribution in [0.4, 0.5) is 16.5 Å². The number of nitrogens with zero attached hydrogens (tertiary/aromatic N) is 4. The molecule has 3 aromatic rings. The van der Waals surface area contributed by atoms with E-state index in [0.29, 0.717) is 0 Å². The summed E-state index contributed by atoms with van der Waals surface area (Å²) in [5, 5.41) is 13.8. The molecule has 0 amide bonds. The van der Waals surface area contributed by atoms with Crippen LogP contribution in [0.3, 0.4) is 0 Å². The van der Waals surface area contributed by atoms with Crippen LogP contribution in [0.2, 0.25) is 0 Å². The van der Waals surface area contributed by atoms with Crippen molar-refractivity contribution >= 4 is 27.8 Å². The van der Waals surface area contributed by atoms with Crippen LogP contribution in [0.25, 0.3) is 11.3 Å². The van der Waals surface area contributed by atoms with Crippen molar-refractivity contribution in [2.24, 2.45) is 0 Å². The van der Waals surface area contributed by atoms with Crippen LogP contribution in [0.5, 0.6) is 0 Å². The Kier molecular flexibility index (Phi) is 4.53. The molecule has 0 unspecified atom stereocenters. The third kappa shape index (κ3) is 3.39. The fourth-order valence-electron chi connectivity index (χ4n) is 3.09. The molecule has 0 radical (unpaired) electrons. The van der Waals surface area contributed by atoms with E-state index in [1.54, 1.807) is 23.5 Å². The first kappa shape index (κ1) is 16.5. The zero-order valence-corrected chi connectivity index (χ0v) is 14.9. The maximum absolute atomic E-state index is 10.8. The van der Waals surface area contributed by atoms with Gasteiger partial charge in [-0.2, -0.15) is 0 Å². The topological polar surface area (TPSA) is 62.5 Å². The van der Waals surface area contributed by atoms with Crippen molar-refractivity contribution in [1.82, 2.24) is 4.98 Å². The van der Waals surface area contributed by atoms with E-state index in [4.69, 9.17) is 4.98 Å². The Morgan fingerprint density at radius 3 is 2.23 bits per heavy atom. The largest absolute Gasteiger partial charge is 0.368 e. The highest BCUT2D eigenvalue weighted by Crippen LogP contribution is 2.29. The number of anilines is 2. The van der Waals surface area contributed by atoms with Gasteiger partial charge in [-0.05, 0) is 24.3 Å². The molecule has 0 atom stereocenters. The van der Waals surface area contributed by atoms with E-state index >= 15 is 0 Å². The van der Waals surface area contributed by atoms with Crippen molar-refractivity contribution < 1.29 is 4.92 Å². The normalized spacial score (nSPS) is 14.5. The second-order valence-electron chi connectivity index (χ2n) is 6.13. The first-order valence-corrected chi connectivity index (χ1v) is 9.34. The number of para-hydroxylation sites is 1. The second-order valence-corrected chi connectivity index (χ2v) is 6.97. The van der Waals surface area contributed by atoms with Crippen LogP contribution in [-0.2, 0) is 0 Å². The summed E-state index contributed by atoms with van der Waals surface area (Å²) in [6.45, 7) is 3.80. The molecule has 0 N–H and O–H groups in total. The number of thiazole rings is 1. The van der Waals surface area contributed by atoms with Gasteiger partial charge in [0.1, 0.15) is 0 Å². The fraction of sp³-hybridized carbons (Fsp3) is 0.211. The highest BCUT2D eigenvalue weighted by atomic mass is 32.1. The van der Waals surface area contributed by atoms with Gasteiger partial charge in [-0.1, -0.05) is 18.2 Å². The minimum atomic E-state index is -0.386. The average Bonchev–Trinajstić information content (AvgIpc) is 3.19. The number of rotatable bonds is 4. The molecule has 6 nitrogen and oxygen atoms in total. The van der Waals surface area contributed by atoms with Crippen LogP contribution in [-0.4, -0.2) is 36.1 Å². The molecule has 2 aromatic carbocycles. The maximum atomic E-state index is 10.8. The molecule has 0 bridgehead atoms. The molecule has 132 valence electrons. The summed E-state index contributed by atoms with van der Waals surface area (Å²) in [5.41, 5.74) is 3.13. The number of benzene rings is 2. The van der Waals surface area contributed by atoms with E-state index in [2.05, 4.69) is 34.1 Å². The predicted molar refractivity (Wildman–Crippen MR) is 105 cm³/mol. The first-order valence-electron chi connectivity index (χ1n) is 8.46. The number of hydrogen-bond acceptors (Lipinski definition) is 6. The molecule has 1 saturated heterocycles. The molecule has 0 saturated carbocycles. The zero-order valence-electron chi connectivity index (χ0n) is 14.1. The van der Waals surface area contributed by atoms with Crippen molar-refractivity contribution in [3.05, 3.63) is 70.1 Å². The number of aromatic nitrogens is 1. The Labute approximate surface area is 155 Å². The van der Waals surface area contributed by atoms with Crippen LogP contribution in [0, 0.1) is 10.1 Å². The van der Waals surface area contributed by atoms with Gasteiger partial charge in [0.05, 0.1) is 10.6 Å². The second kappa shape index (κ2) is 7.13. The van der Waals surface area contributed by atoms with Crippen LogP contribution in [0.15, 0.2) is 60.0 Å². The van der Waals surface area contributed by atoms with Gasteiger partial charge in [-0.15, -0.1) is 11.3 Å². The SMILES string of the molecule is O=[N+]([O-])c1ccc(-c2csc(N3CCN(c4ccccc4)CC3)n2)cc1. The van der Waals surface area contributed by atoms with Gasteiger partial charge in [0.2, 0.25) is 0 Å². The van der Waals surface area contributed by atoms with E-state index in [1.807, 2.05) is 11.4 Å². The molecule has 2 heterocycles. The number of nitro benzene ring substituents is 1. The van der Waals surface area contributed by atoms with E-state index < -0.39 is 0 Å². The Morgan fingerprint density at radius 2 is 1.58 bits per heavy atom. The zero-order chi connectivity index (χ0) is 17.9. The molecule has 1 aliphatic rings. The van der Waals surface area contributed by atoms with E-state index in [1.165, 1.54) is 17.8 Å². The Hall–Kier alpha value is -2.93. The summed E-state index contributed by atoms with van der Waals surface area (Å²) in [7, 11) is 0. The Balaban J connectivity index is 1.43. The summed E-state index contributed by atoms with van der Waals surface area (Å²) in [5.74, 6) is 0. The van der Waals surface area contributed by atoms with Crippen molar-refractivity contribution in [1.29, 1.82) is 0 Å². The Morgan fingerprint density at radius 1 is 0.923 bits per heavy atom. The lowest BCUT2D eigenvalue weighted by molar-refractivity contribution is -0.384. The molecule has 26 heavy (non-hydrogen) atoms. The molecular weight excluding hydrogens is 348 g/mol. The molecule has 4 rings (SSSR count). The summed E-state index contributed by atoms with van der Waals surface area (Å²) >= 11 is 1.62. The summed E-state index contributed by atoms with van der Waals surface area (Å²) in [6, 6.07) is 17.0. The molecule has 1 aromatic heterocycles. The lowest BCUT2D eigenvalue weighted by Crippen LogP contribution is -2.46. The van der Waals surface area contributed by atoms with E-state index in [0.717, 1.165) is 42.6 Å². The molecule has 0 aliphatic carbocycles. The summed E-state index contributed by atoms with van der Waals surface area (Å²) < 4.78 is 0. The molecule has 1 fully saturated rings. The van der Waals surface area contributed by atoms with Crippen molar-refractivity contribution in [2.75, 3.05) is 36.0 Å². The Bertz CT molecular complexity index is 887. The van der Waals surface area contributed by atoms with Crippen LogP contribution >= 0.6 is 11.3 Å². The van der Waals surface area contributed by atoms with Gasteiger partial charge in [-0.3, -0.25) is 10.1 Å². The lowest BCUT2D eigenvalue weighted by atomic mass is 10.1. The quantitative estimate of drug-likeness (QED) is 0.515. The number of piperazine rings is 1. The van der Waals surface area contributed by atoms with E-state index in [-0.39, 0.29) is 10.6 Å². The van der Waals surface area contributed by atoms with Crippen molar-refractivity contribution in [3.8, 4) is 11.3 Å². The van der Waals surface area contributed by atoms with Crippen molar-refractivity contribution in [2.45, 2.75) is 0 Å². The molecule has 0 spiro atoms. The van der Waals surface area contributed by atoms with Crippen LogP contribution in [0.1, 0.15) is 0 Å². The average molecular weight is 366 g/mol. The fourth-order valence-corrected chi connectivity index (χ4v) is 3.98. The smallest absolute Gasteiger partial charge is 0.269 e.